The van der Waals surface area contributed by atoms with Crippen molar-refractivity contribution in [3.63, 3.8) is 0 Å². The van der Waals surface area contributed by atoms with Crippen LogP contribution in [0, 0.1) is 0 Å². The first-order valence-electron chi connectivity index (χ1n) is 5.88. The minimum Gasteiger partial charge on any atom is -0.387 e. The molecular formula is C14H18N2. The molecule has 0 atom stereocenters. The highest BCUT2D eigenvalue weighted by molar-refractivity contribution is 5.83. The third kappa shape index (κ3) is 2.72. The zero-order valence-electron chi connectivity index (χ0n) is 9.74. The molecule has 2 aliphatic carbocycles. The Hall–Kier alpha value is -1.57. The molecule has 2 nitrogen and oxygen atoms in total. The van der Waals surface area contributed by atoms with E-state index in [1.807, 2.05) is 13.3 Å². The summed E-state index contributed by atoms with van der Waals surface area (Å²) < 4.78 is 0. The SMILES string of the molecule is CNC1=C(N=CC2=CCCC=C2)CCC=C1. The maximum absolute atomic E-state index is 4.58. The van der Waals surface area contributed by atoms with Gasteiger partial charge < -0.3 is 5.32 Å². The number of nitrogens with one attached hydrogen (secondary N) is 1. The molecule has 0 fully saturated rings. The molecule has 0 spiro atoms. The van der Waals surface area contributed by atoms with E-state index in [0.717, 1.165) is 37.1 Å². The number of aliphatic imine (C=N–C) groups is 1. The number of hydrogen-bond donors (Lipinski definition) is 1. The van der Waals surface area contributed by atoms with Crippen LogP contribution in [0.4, 0.5) is 0 Å². The normalized spacial score (nSPS) is 20.4. The summed E-state index contributed by atoms with van der Waals surface area (Å²) in [5.41, 5.74) is 3.52. The molecule has 0 aromatic rings. The van der Waals surface area contributed by atoms with Gasteiger partial charge in [0, 0.05) is 13.3 Å². The number of allylic oxidation sites excluding steroid dienone is 7. The third-order valence-electron chi connectivity index (χ3n) is 2.81. The average molecular weight is 214 g/mol. The Morgan fingerprint density at radius 3 is 2.81 bits per heavy atom. The van der Waals surface area contributed by atoms with Gasteiger partial charge in [-0.1, -0.05) is 24.3 Å². The minimum atomic E-state index is 1.03. The van der Waals surface area contributed by atoms with E-state index in [1.54, 1.807) is 0 Å². The van der Waals surface area contributed by atoms with Crippen molar-refractivity contribution < 1.29 is 0 Å². The minimum absolute atomic E-state index is 1.03. The number of rotatable bonds is 3. The molecule has 0 radical (unpaired) electrons. The monoisotopic (exact) mass is 214 g/mol. The molecule has 0 aliphatic heterocycles. The van der Waals surface area contributed by atoms with Gasteiger partial charge in [-0.2, -0.15) is 0 Å². The van der Waals surface area contributed by atoms with Crippen LogP contribution in [0.1, 0.15) is 25.7 Å². The van der Waals surface area contributed by atoms with Crippen LogP contribution in [-0.2, 0) is 0 Å². The summed E-state index contributed by atoms with van der Waals surface area (Å²) in [4.78, 5) is 4.58. The Kier molecular flexibility index (Phi) is 3.76. The molecular weight excluding hydrogens is 196 g/mol. The summed E-state index contributed by atoms with van der Waals surface area (Å²) in [6, 6.07) is 0. The van der Waals surface area contributed by atoms with Crippen molar-refractivity contribution in [1.29, 1.82) is 0 Å². The fourth-order valence-electron chi connectivity index (χ4n) is 1.90. The van der Waals surface area contributed by atoms with Gasteiger partial charge in [0.15, 0.2) is 0 Å². The van der Waals surface area contributed by atoms with Crippen LogP contribution < -0.4 is 5.32 Å². The Labute approximate surface area is 97.2 Å². The summed E-state index contributed by atoms with van der Waals surface area (Å²) in [5, 5.41) is 3.18. The highest BCUT2D eigenvalue weighted by Crippen LogP contribution is 2.18. The summed E-state index contributed by atoms with van der Waals surface area (Å²) in [6.07, 6.45) is 17.3. The van der Waals surface area contributed by atoms with Crippen molar-refractivity contribution in [1.82, 2.24) is 5.32 Å². The molecule has 2 aliphatic rings. The predicted octanol–water partition coefficient (Wildman–Crippen LogP) is 3.11. The quantitative estimate of drug-likeness (QED) is 0.717. The van der Waals surface area contributed by atoms with Gasteiger partial charge in [0.05, 0.1) is 11.4 Å². The number of nitrogens with zero attached hydrogens (tertiary/aromatic N) is 1. The smallest absolute Gasteiger partial charge is 0.0637 e. The van der Waals surface area contributed by atoms with Crippen LogP contribution in [-0.4, -0.2) is 13.3 Å². The molecule has 0 heterocycles. The summed E-state index contributed by atoms with van der Waals surface area (Å²) in [7, 11) is 1.94. The Balaban J connectivity index is 2.10. The molecule has 84 valence electrons. The molecule has 2 heteroatoms. The molecule has 0 unspecified atom stereocenters. The van der Waals surface area contributed by atoms with E-state index < -0.39 is 0 Å². The maximum Gasteiger partial charge on any atom is 0.0637 e. The number of hydrogen-bond acceptors (Lipinski definition) is 2. The van der Waals surface area contributed by atoms with Gasteiger partial charge in [-0.15, -0.1) is 0 Å². The van der Waals surface area contributed by atoms with E-state index >= 15 is 0 Å². The zero-order valence-corrected chi connectivity index (χ0v) is 9.74. The Morgan fingerprint density at radius 1 is 1.19 bits per heavy atom. The molecule has 0 aromatic carbocycles. The summed E-state index contributed by atoms with van der Waals surface area (Å²) >= 11 is 0. The number of likely N-dealkylation sites (N-methyl/N-ethyl adjacent to an activating group) is 1. The van der Waals surface area contributed by atoms with Crippen molar-refractivity contribution in [2.24, 2.45) is 4.99 Å². The topological polar surface area (TPSA) is 24.4 Å². The maximum atomic E-state index is 4.58. The standard InChI is InChI=1S/C14H18N2/c1-15-13-9-5-6-10-14(13)16-11-12-7-3-2-4-8-12/h3,5,7-9,11,15H,2,4,6,10H2,1H3. The van der Waals surface area contributed by atoms with E-state index in [4.69, 9.17) is 0 Å². The molecule has 1 N–H and O–H groups in total. The van der Waals surface area contributed by atoms with E-state index in [1.165, 1.54) is 5.57 Å². The van der Waals surface area contributed by atoms with Gasteiger partial charge in [-0.3, -0.25) is 4.99 Å². The molecule has 2 rings (SSSR count). The first kappa shape index (κ1) is 10.9. The molecule has 16 heavy (non-hydrogen) atoms. The Bertz CT molecular complexity index is 395. The largest absolute Gasteiger partial charge is 0.387 e. The first-order valence-corrected chi connectivity index (χ1v) is 5.88. The van der Waals surface area contributed by atoms with Crippen molar-refractivity contribution in [3.8, 4) is 0 Å². The van der Waals surface area contributed by atoms with E-state index in [2.05, 4.69) is 40.7 Å². The van der Waals surface area contributed by atoms with Gasteiger partial charge in [-0.05, 0) is 37.3 Å². The first-order chi connectivity index (χ1) is 7.90. The Morgan fingerprint density at radius 2 is 2.06 bits per heavy atom. The third-order valence-corrected chi connectivity index (χ3v) is 2.81. The van der Waals surface area contributed by atoms with Gasteiger partial charge in [0.25, 0.3) is 0 Å². The van der Waals surface area contributed by atoms with E-state index in [9.17, 15) is 0 Å². The highest BCUT2D eigenvalue weighted by atomic mass is 14.9. The van der Waals surface area contributed by atoms with Crippen LogP contribution >= 0.6 is 0 Å². The lowest BCUT2D eigenvalue weighted by atomic mass is 10.1. The molecule has 0 aromatic heterocycles. The lowest BCUT2D eigenvalue weighted by molar-refractivity contribution is 0.870. The van der Waals surface area contributed by atoms with Crippen LogP contribution in [0.15, 0.2) is 52.3 Å². The lowest BCUT2D eigenvalue weighted by Crippen LogP contribution is -2.08. The second-order valence-corrected chi connectivity index (χ2v) is 3.99. The average Bonchev–Trinajstić information content (AvgIpc) is 2.38. The van der Waals surface area contributed by atoms with Crippen LogP contribution in [0.2, 0.25) is 0 Å². The van der Waals surface area contributed by atoms with Gasteiger partial charge in [-0.25, -0.2) is 0 Å². The zero-order chi connectivity index (χ0) is 11.2. The van der Waals surface area contributed by atoms with Crippen LogP contribution in [0.25, 0.3) is 0 Å². The molecule has 0 saturated carbocycles. The van der Waals surface area contributed by atoms with Gasteiger partial charge in [0.1, 0.15) is 0 Å². The van der Waals surface area contributed by atoms with Crippen LogP contribution in [0.5, 0.6) is 0 Å². The van der Waals surface area contributed by atoms with Gasteiger partial charge in [0.2, 0.25) is 0 Å². The predicted molar refractivity (Wildman–Crippen MR) is 69.4 cm³/mol. The second-order valence-electron chi connectivity index (χ2n) is 3.99. The van der Waals surface area contributed by atoms with E-state index in [-0.39, 0.29) is 0 Å². The second kappa shape index (κ2) is 5.50. The van der Waals surface area contributed by atoms with Crippen molar-refractivity contribution >= 4 is 6.21 Å². The fraction of sp³-hybridized carbons (Fsp3) is 0.357. The van der Waals surface area contributed by atoms with Gasteiger partial charge >= 0.3 is 0 Å². The molecule has 0 saturated heterocycles. The van der Waals surface area contributed by atoms with Crippen LogP contribution in [0.3, 0.4) is 0 Å². The summed E-state index contributed by atoms with van der Waals surface area (Å²) in [6.45, 7) is 0. The summed E-state index contributed by atoms with van der Waals surface area (Å²) in [5.74, 6) is 0. The highest BCUT2D eigenvalue weighted by Gasteiger charge is 2.05. The fourth-order valence-corrected chi connectivity index (χ4v) is 1.90. The van der Waals surface area contributed by atoms with Crippen molar-refractivity contribution in [2.75, 3.05) is 7.05 Å². The lowest BCUT2D eigenvalue weighted by Gasteiger charge is -2.11. The van der Waals surface area contributed by atoms with Crippen molar-refractivity contribution in [2.45, 2.75) is 25.7 Å². The van der Waals surface area contributed by atoms with E-state index in [0.29, 0.717) is 0 Å². The molecule has 0 amide bonds. The van der Waals surface area contributed by atoms with Crippen molar-refractivity contribution in [3.05, 3.63) is 47.3 Å². The molecule has 0 bridgehead atoms.